The molecular formula is C44H87NO8P+. The number of hydrogen-bond donors (Lipinski definition) is 1. The molecule has 2 atom stereocenters. The Kier molecular flexibility index (Phi) is 36.5. The smallest absolute Gasteiger partial charge is 0.462 e. The van der Waals surface area contributed by atoms with Crippen LogP contribution in [-0.2, 0) is 32.7 Å². The number of ether oxygens (including phenoxy) is 2. The summed E-state index contributed by atoms with van der Waals surface area (Å²) in [5, 5.41) is 0. The number of quaternary nitrogens is 1. The molecule has 0 aromatic carbocycles. The number of nitrogens with zero attached hydrogens (tertiary/aromatic N) is 1. The highest BCUT2D eigenvalue weighted by molar-refractivity contribution is 7.47. The molecule has 0 aliphatic heterocycles. The molecule has 0 spiro atoms. The second-order valence-corrected chi connectivity index (χ2v) is 17.9. The average molecular weight is 789 g/mol. The minimum absolute atomic E-state index is 0.0342. The Bertz CT molecular complexity index is 938. The first-order valence-electron chi connectivity index (χ1n) is 22.4. The van der Waals surface area contributed by atoms with Crippen LogP contribution < -0.4 is 0 Å². The van der Waals surface area contributed by atoms with Crippen molar-refractivity contribution in [2.24, 2.45) is 0 Å². The number of likely N-dealkylation sites (N-methyl/N-ethyl adjacent to an activating group) is 1. The number of hydrogen-bond acceptors (Lipinski definition) is 7. The lowest BCUT2D eigenvalue weighted by Gasteiger charge is -2.24. The van der Waals surface area contributed by atoms with Gasteiger partial charge >= 0.3 is 19.8 Å². The number of esters is 2. The molecule has 0 radical (unpaired) electrons. The Hall–Kier alpha value is -1.25. The van der Waals surface area contributed by atoms with Gasteiger partial charge in [-0.25, -0.2) is 4.57 Å². The Morgan fingerprint density at radius 3 is 1.41 bits per heavy atom. The summed E-state index contributed by atoms with van der Waals surface area (Å²) in [7, 11) is 1.48. The molecule has 9 nitrogen and oxygen atoms in total. The predicted octanol–water partition coefficient (Wildman–Crippen LogP) is 12.6. The first-order valence-corrected chi connectivity index (χ1v) is 23.9. The second kappa shape index (κ2) is 37.3. The maximum Gasteiger partial charge on any atom is 0.472 e. The van der Waals surface area contributed by atoms with E-state index in [0.29, 0.717) is 23.9 Å². The van der Waals surface area contributed by atoms with Crippen molar-refractivity contribution in [3.8, 4) is 0 Å². The second-order valence-electron chi connectivity index (χ2n) is 16.4. The number of carbonyl (C=O) groups excluding carboxylic acids is 2. The summed E-state index contributed by atoms with van der Waals surface area (Å²) >= 11 is 0. The number of carbonyl (C=O) groups is 2. The van der Waals surface area contributed by atoms with Crippen LogP contribution in [0.15, 0.2) is 12.2 Å². The average Bonchev–Trinajstić information content (AvgIpc) is 3.12. The van der Waals surface area contributed by atoms with Crippen molar-refractivity contribution in [3.63, 3.8) is 0 Å². The van der Waals surface area contributed by atoms with E-state index in [1.807, 2.05) is 21.1 Å². The van der Waals surface area contributed by atoms with Crippen LogP contribution in [0.1, 0.15) is 206 Å². The molecule has 0 heterocycles. The van der Waals surface area contributed by atoms with Gasteiger partial charge in [-0.15, -0.1) is 0 Å². The third-order valence-electron chi connectivity index (χ3n) is 9.80. The van der Waals surface area contributed by atoms with Crippen LogP contribution in [0, 0.1) is 0 Å². The Labute approximate surface area is 333 Å². The third kappa shape index (κ3) is 40.4. The molecular weight excluding hydrogens is 701 g/mol. The summed E-state index contributed by atoms with van der Waals surface area (Å²) in [6.45, 7) is 4.42. The molecule has 0 amide bonds. The molecule has 0 bridgehead atoms. The van der Waals surface area contributed by atoms with E-state index in [9.17, 15) is 19.0 Å². The fraction of sp³-hybridized carbons (Fsp3) is 0.909. The first kappa shape index (κ1) is 52.8. The van der Waals surface area contributed by atoms with Crippen molar-refractivity contribution in [1.82, 2.24) is 0 Å². The van der Waals surface area contributed by atoms with Crippen LogP contribution in [0.25, 0.3) is 0 Å². The van der Waals surface area contributed by atoms with Crippen molar-refractivity contribution >= 4 is 19.8 Å². The largest absolute Gasteiger partial charge is 0.472 e. The van der Waals surface area contributed by atoms with Crippen LogP contribution in [0.3, 0.4) is 0 Å². The molecule has 0 aliphatic rings. The number of phosphoric acid groups is 1. The van der Waals surface area contributed by atoms with Gasteiger partial charge in [0.25, 0.3) is 0 Å². The van der Waals surface area contributed by atoms with E-state index >= 15 is 0 Å². The molecule has 0 saturated heterocycles. The van der Waals surface area contributed by atoms with E-state index in [-0.39, 0.29) is 25.6 Å². The summed E-state index contributed by atoms with van der Waals surface area (Å²) in [5.41, 5.74) is 0. The molecule has 320 valence electrons. The summed E-state index contributed by atoms with van der Waals surface area (Å²) in [4.78, 5) is 35.4. The van der Waals surface area contributed by atoms with Crippen LogP contribution in [0.2, 0.25) is 0 Å². The monoisotopic (exact) mass is 789 g/mol. The van der Waals surface area contributed by atoms with Gasteiger partial charge in [-0.05, 0) is 38.5 Å². The maximum absolute atomic E-state index is 12.7. The van der Waals surface area contributed by atoms with Gasteiger partial charge in [-0.3, -0.25) is 18.6 Å². The van der Waals surface area contributed by atoms with Gasteiger partial charge in [0.2, 0.25) is 0 Å². The molecule has 54 heavy (non-hydrogen) atoms. The molecule has 1 unspecified atom stereocenters. The van der Waals surface area contributed by atoms with Gasteiger partial charge in [0.05, 0.1) is 27.7 Å². The standard InChI is InChI=1S/C44H86NO8P/c1-6-8-10-12-14-16-18-20-22-24-26-28-30-32-34-36-43(46)50-40-42(41-52-54(48,49)51-39-38-45(3,4)5)53-44(47)37-35-33-31-29-27-25-23-21-19-17-15-13-11-9-7-2/h15,17,42H,6-14,16,18-41H2,1-5H3/p+1/b17-15-/t42-/m1/s1. The minimum Gasteiger partial charge on any atom is -0.462 e. The zero-order valence-electron chi connectivity index (χ0n) is 36.0. The van der Waals surface area contributed by atoms with E-state index < -0.39 is 26.5 Å². The van der Waals surface area contributed by atoms with Gasteiger partial charge in [0.15, 0.2) is 6.10 Å². The number of rotatable bonds is 41. The zero-order valence-corrected chi connectivity index (χ0v) is 36.9. The summed E-state index contributed by atoms with van der Waals surface area (Å²) in [6.07, 6.45) is 38.2. The number of unbranched alkanes of at least 4 members (excludes halogenated alkanes) is 25. The normalized spacial score (nSPS) is 13.7. The van der Waals surface area contributed by atoms with Gasteiger partial charge in [0, 0.05) is 12.8 Å². The summed E-state index contributed by atoms with van der Waals surface area (Å²) in [6, 6.07) is 0. The lowest BCUT2D eigenvalue weighted by Crippen LogP contribution is -2.37. The lowest BCUT2D eigenvalue weighted by atomic mass is 10.0. The van der Waals surface area contributed by atoms with E-state index in [2.05, 4.69) is 26.0 Å². The van der Waals surface area contributed by atoms with Crippen LogP contribution in [0.5, 0.6) is 0 Å². The topological polar surface area (TPSA) is 108 Å². The highest BCUT2D eigenvalue weighted by Crippen LogP contribution is 2.43. The fourth-order valence-corrected chi connectivity index (χ4v) is 6.99. The molecule has 0 saturated carbocycles. The maximum atomic E-state index is 12.7. The fourth-order valence-electron chi connectivity index (χ4n) is 6.24. The van der Waals surface area contributed by atoms with Crippen LogP contribution in [-0.4, -0.2) is 74.9 Å². The Balaban J connectivity index is 4.32. The molecule has 0 aromatic rings. The van der Waals surface area contributed by atoms with Crippen molar-refractivity contribution < 1.29 is 42.1 Å². The zero-order chi connectivity index (χ0) is 40.0. The first-order chi connectivity index (χ1) is 26.0. The van der Waals surface area contributed by atoms with E-state index in [1.54, 1.807) is 0 Å². The van der Waals surface area contributed by atoms with E-state index in [0.717, 1.165) is 38.5 Å². The highest BCUT2D eigenvalue weighted by atomic mass is 31.2. The molecule has 0 fully saturated rings. The van der Waals surface area contributed by atoms with Gasteiger partial charge in [0.1, 0.15) is 19.8 Å². The Morgan fingerprint density at radius 1 is 0.556 bits per heavy atom. The van der Waals surface area contributed by atoms with Crippen LogP contribution in [0.4, 0.5) is 0 Å². The molecule has 0 rings (SSSR count). The summed E-state index contributed by atoms with van der Waals surface area (Å²) in [5.74, 6) is -0.792. The molecule has 10 heteroatoms. The van der Waals surface area contributed by atoms with Gasteiger partial charge in [-0.2, -0.15) is 0 Å². The number of phosphoric ester groups is 1. The lowest BCUT2D eigenvalue weighted by molar-refractivity contribution is -0.870. The van der Waals surface area contributed by atoms with Gasteiger partial charge < -0.3 is 18.9 Å². The third-order valence-corrected chi connectivity index (χ3v) is 10.8. The van der Waals surface area contributed by atoms with Crippen LogP contribution >= 0.6 is 7.82 Å². The highest BCUT2D eigenvalue weighted by Gasteiger charge is 2.27. The van der Waals surface area contributed by atoms with Crippen molar-refractivity contribution in [1.29, 1.82) is 0 Å². The molecule has 0 aromatic heterocycles. The van der Waals surface area contributed by atoms with Crippen molar-refractivity contribution in [3.05, 3.63) is 12.2 Å². The van der Waals surface area contributed by atoms with Crippen molar-refractivity contribution in [2.75, 3.05) is 47.5 Å². The molecule has 1 N–H and O–H groups in total. The minimum atomic E-state index is -4.37. The van der Waals surface area contributed by atoms with E-state index in [1.165, 1.54) is 135 Å². The van der Waals surface area contributed by atoms with E-state index in [4.69, 9.17) is 18.5 Å². The number of allylic oxidation sites excluding steroid dienone is 2. The van der Waals surface area contributed by atoms with Crippen molar-refractivity contribution in [2.45, 2.75) is 213 Å². The summed E-state index contributed by atoms with van der Waals surface area (Å²) < 4.78 is 34.3. The quantitative estimate of drug-likeness (QED) is 0.0214. The predicted molar refractivity (Wildman–Crippen MR) is 224 cm³/mol. The van der Waals surface area contributed by atoms with Gasteiger partial charge in [-0.1, -0.05) is 167 Å². The SMILES string of the molecule is CCCCC/C=C\CCCCCCCCCCC(=O)O[C@H](COC(=O)CCCCCCCCCCCCCCCCC)COP(=O)(O)OCC[N+](C)(C)C. The molecule has 0 aliphatic carbocycles. The Morgan fingerprint density at radius 2 is 0.944 bits per heavy atom.